The second kappa shape index (κ2) is 6.71. The van der Waals surface area contributed by atoms with E-state index < -0.39 is 21.8 Å². The molecule has 0 aliphatic carbocycles. The van der Waals surface area contributed by atoms with Crippen molar-refractivity contribution in [3.05, 3.63) is 35.4 Å². The molecule has 0 spiro atoms. The Kier molecular flexibility index (Phi) is 5.48. The highest BCUT2D eigenvalue weighted by molar-refractivity contribution is 7.90. The van der Waals surface area contributed by atoms with Gasteiger partial charge in [0.2, 0.25) is 5.91 Å². The van der Waals surface area contributed by atoms with Crippen molar-refractivity contribution in [3.8, 4) is 0 Å². The van der Waals surface area contributed by atoms with Crippen LogP contribution < -0.4 is 0 Å². The molecule has 1 atom stereocenters. The Morgan fingerprint density at radius 1 is 1.33 bits per heavy atom. The number of hydrogen-bond donors (Lipinski definition) is 1. The summed E-state index contributed by atoms with van der Waals surface area (Å²) in [6.07, 6.45) is 1.16. The molecule has 116 valence electrons. The molecule has 0 radical (unpaired) electrons. The number of carboxylic acid groups (broad SMARTS) is 1. The normalized spacial score (nSPS) is 12.7. The minimum atomic E-state index is -3.16. The number of hydrogen-bond acceptors (Lipinski definition) is 4. The van der Waals surface area contributed by atoms with Gasteiger partial charge in [0.25, 0.3) is 0 Å². The van der Waals surface area contributed by atoms with Gasteiger partial charge in [-0.15, -0.1) is 0 Å². The fourth-order valence-electron chi connectivity index (χ4n) is 1.91. The number of rotatable bonds is 6. The fourth-order valence-corrected chi connectivity index (χ4v) is 3.01. The molecule has 0 saturated heterocycles. The SMILES string of the molecule is CC(CS(C)(=O)=O)N(C)C(=O)Cc1cccc(C(=O)O)c1. The first kappa shape index (κ1) is 17.2. The highest BCUT2D eigenvalue weighted by Gasteiger charge is 2.20. The lowest BCUT2D eigenvalue weighted by atomic mass is 10.1. The van der Waals surface area contributed by atoms with Gasteiger partial charge in [0.15, 0.2) is 0 Å². The minimum absolute atomic E-state index is 0.0335. The molecule has 0 aliphatic rings. The van der Waals surface area contributed by atoms with Crippen molar-refractivity contribution in [2.45, 2.75) is 19.4 Å². The van der Waals surface area contributed by atoms with Crippen LogP contribution in [0.3, 0.4) is 0 Å². The minimum Gasteiger partial charge on any atom is -0.478 e. The molecule has 7 heteroatoms. The zero-order chi connectivity index (χ0) is 16.2. The van der Waals surface area contributed by atoms with Crippen LogP contribution in [0.25, 0.3) is 0 Å². The van der Waals surface area contributed by atoms with Crippen LogP contribution in [0, 0.1) is 0 Å². The Labute approximate surface area is 124 Å². The Morgan fingerprint density at radius 3 is 2.48 bits per heavy atom. The van der Waals surface area contributed by atoms with Crippen LogP contribution in [0.1, 0.15) is 22.8 Å². The van der Waals surface area contributed by atoms with Gasteiger partial charge in [-0.25, -0.2) is 13.2 Å². The van der Waals surface area contributed by atoms with Crippen molar-refractivity contribution in [1.82, 2.24) is 4.90 Å². The second-order valence-corrected chi connectivity index (χ2v) is 7.31. The van der Waals surface area contributed by atoms with Gasteiger partial charge < -0.3 is 10.0 Å². The first-order valence-electron chi connectivity index (χ1n) is 6.36. The maximum Gasteiger partial charge on any atom is 0.335 e. The number of likely N-dealkylation sites (N-methyl/N-ethyl adjacent to an activating group) is 1. The molecule has 1 amide bonds. The zero-order valence-electron chi connectivity index (χ0n) is 12.2. The first-order chi connectivity index (χ1) is 9.60. The maximum atomic E-state index is 12.1. The van der Waals surface area contributed by atoms with Gasteiger partial charge in [0.1, 0.15) is 9.84 Å². The van der Waals surface area contributed by atoms with E-state index in [-0.39, 0.29) is 23.6 Å². The van der Waals surface area contributed by atoms with Crippen LogP contribution in [0.2, 0.25) is 0 Å². The van der Waals surface area contributed by atoms with E-state index in [2.05, 4.69) is 0 Å². The summed E-state index contributed by atoms with van der Waals surface area (Å²) >= 11 is 0. The Morgan fingerprint density at radius 2 is 1.95 bits per heavy atom. The van der Waals surface area contributed by atoms with Gasteiger partial charge >= 0.3 is 5.97 Å². The quantitative estimate of drug-likeness (QED) is 0.839. The second-order valence-electron chi connectivity index (χ2n) is 5.13. The standard InChI is InChI=1S/C14H19NO5S/c1-10(9-21(3,19)20)15(2)13(16)8-11-5-4-6-12(7-11)14(17)18/h4-7,10H,8-9H2,1-3H3,(H,17,18). The van der Waals surface area contributed by atoms with Crippen LogP contribution in [-0.2, 0) is 21.1 Å². The molecule has 0 aliphatic heterocycles. The van der Waals surface area contributed by atoms with Crippen molar-refractivity contribution in [1.29, 1.82) is 0 Å². The van der Waals surface area contributed by atoms with E-state index >= 15 is 0 Å². The van der Waals surface area contributed by atoms with Gasteiger partial charge in [-0.1, -0.05) is 12.1 Å². The van der Waals surface area contributed by atoms with Crippen molar-refractivity contribution >= 4 is 21.7 Å². The van der Waals surface area contributed by atoms with Crippen LogP contribution in [0.5, 0.6) is 0 Å². The van der Waals surface area contributed by atoms with Crippen LogP contribution in [-0.4, -0.2) is 55.4 Å². The summed E-state index contributed by atoms with van der Waals surface area (Å²) in [5, 5.41) is 8.91. The third kappa shape index (κ3) is 5.55. The molecule has 6 nitrogen and oxygen atoms in total. The largest absolute Gasteiger partial charge is 0.478 e. The highest BCUT2D eigenvalue weighted by Crippen LogP contribution is 2.09. The van der Waals surface area contributed by atoms with E-state index in [0.717, 1.165) is 6.26 Å². The number of aromatic carboxylic acids is 1. The van der Waals surface area contributed by atoms with Crippen LogP contribution in [0.4, 0.5) is 0 Å². The predicted octanol–water partition coefficient (Wildman–Crippen LogP) is 0.819. The Balaban J connectivity index is 2.76. The zero-order valence-corrected chi connectivity index (χ0v) is 13.1. The van der Waals surface area contributed by atoms with Crippen molar-refractivity contribution in [2.75, 3.05) is 19.1 Å². The summed E-state index contributed by atoms with van der Waals surface area (Å²) in [4.78, 5) is 24.3. The molecule has 1 aromatic rings. The summed E-state index contributed by atoms with van der Waals surface area (Å²) in [7, 11) is -1.62. The molecular weight excluding hydrogens is 294 g/mol. The van der Waals surface area contributed by atoms with Gasteiger partial charge in [0.05, 0.1) is 17.7 Å². The average molecular weight is 313 g/mol. The number of carbonyl (C=O) groups is 2. The molecule has 1 rings (SSSR count). The topological polar surface area (TPSA) is 91.8 Å². The number of benzene rings is 1. The summed E-state index contributed by atoms with van der Waals surface area (Å²) in [5.74, 6) is -1.42. The Hall–Kier alpha value is -1.89. The van der Waals surface area contributed by atoms with Gasteiger partial charge in [0, 0.05) is 19.3 Å². The molecule has 1 aromatic carbocycles. The van der Waals surface area contributed by atoms with E-state index in [1.165, 1.54) is 17.0 Å². The van der Waals surface area contributed by atoms with Crippen molar-refractivity contribution in [3.63, 3.8) is 0 Å². The molecule has 0 saturated carbocycles. The van der Waals surface area contributed by atoms with Gasteiger partial charge in [-0.3, -0.25) is 4.79 Å². The van der Waals surface area contributed by atoms with E-state index in [1.54, 1.807) is 26.1 Å². The third-order valence-corrected chi connectivity index (χ3v) is 4.22. The first-order valence-corrected chi connectivity index (χ1v) is 8.42. The number of sulfone groups is 1. The number of carbonyl (C=O) groups excluding carboxylic acids is 1. The van der Waals surface area contributed by atoms with Crippen molar-refractivity contribution < 1.29 is 23.1 Å². The van der Waals surface area contributed by atoms with Gasteiger partial charge in [-0.2, -0.15) is 0 Å². The van der Waals surface area contributed by atoms with Crippen LogP contribution in [0.15, 0.2) is 24.3 Å². The monoisotopic (exact) mass is 313 g/mol. The molecule has 1 N–H and O–H groups in total. The number of amides is 1. The summed E-state index contributed by atoms with van der Waals surface area (Å²) < 4.78 is 22.5. The molecule has 0 bridgehead atoms. The third-order valence-electron chi connectivity index (χ3n) is 3.13. The number of nitrogens with zero attached hydrogens (tertiary/aromatic N) is 1. The fraction of sp³-hybridized carbons (Fsp3) is 0.429. The summed E-state index contributed by atoms with van der Waals surface area (Å²) in [6.45, 7) is 1.66. The van der Waals surface area contributed by atoms with E-state index in [4.69, 9.17) is 5.11 Å². The van der Waals surface area contributed by atoms with E-state index in [1.807, 2.05) is 0 Å². The summed E-state index contributed by atoms with van der Waals surface area (Å²) in [6, 6.07) is 5.70. The maximum absolute atomic E-state index is 12.1. The Bertz CT molecular complexity index is 639. The lowest BCUT2D eigenvalue weighted by molar-refractivity contribution is -0.130. The molecule has 21 heavy (non-hydrogen) atoms. The highest BCUT2D eigenvalue weighted by atomic mass is 32.2. The van der Waals surface area contributed by atoms with Gasteiger partial charge in [-0.05, 0) is 24.6 Å². The predicted molar refractivity (Wildman–Crippen MR) is 79.0 cm³/mol. The van der Waals surface area contributed by atoms with Crippen molar-refractivity contribution in [2.24, 2.45) is 0 Å². The van der Waals surface area contributed by atoms with E-state index in [9.17, 15) is 18.0 Å². The molecule has 0 aromatic heterocycles. The van der Waals surface area contributed by atoms with Crippen LogP contribution >= 0.6 is 0 Å². The lowest BCUT2D eigenvalue weighted by Crippen LogP contribution is -2.40. The summed E-state index contributed by atoms with van der Waals surface area (Å²) in [5.41, 5.74) is 0.699. The van der Waals surface area contributed by atoms with E-state index in [0.29, 0.717) is 5.56 Å². The molecule has 1 unspecified atom stereocenters. The smallest absolute Gasteiger partial charge is 0.335 e. The molecule has 0 fully saturated rings. The lowest BCUT2D eigenvalue weighted by Gasteiger charge is -2.24. The molecule has 0 heterocycles. The average Bonchev–Trinajstić information content (AvgIpc) is 2.36. The number of carboxylic acids is 1. The molecular formula is C14H19NO5S.